The minimum atomic E-state index is 0.0348. The van der Waals surface area contributed by atoms with Crippen LogP contribution in [0.5, 0.6) is 0 Å². The van der Waals surface area contributed by atoms with Crippen LogP contribution in [-0.2, 0) is 4.79 Å². The molecule has 2 heterocycles. The molecule has 2 fully saturated rings. The second-order valence-corrected chi connectivity index (χ2v) is 4.22. The highest BCUT2D eigenvalue weighted by atomic mass is 16.1. The maximum absolute atomic E-state index is 10.8. The van der Waals surface area contributed by atoms with Gasteiger partial charge in [0.25, 0.3) is 0 Å². The molecule has 2 aliphatic heterocycles. The van der Waals surface area contributed by atoms with E-state index in [0.29, 0.717) is 6.04 Å². The number of fused-ring (bicyclic) bond motifs is 1. The Bertz CT molecular complexity index is 260. The number of rotatable bonds is 1. The number of hydrogen-bond acceptors (Lipinski definition) is 2. The molecule has 0 radical (unpaired) electrons. The van der Waals surface area contributed by atoms with Gasteiger partial charge in [-0.1, -0.05) is 0 Å². The smallest absolute Gasteiger partial charge is 0.220 e. The number of nitrogens with zero attached hydrogens (tertiary/aromatic N) is 1. The van der Waals surface area contributed by atoms with Crippen molar-refractivity contribution in [2.45, 2.75) is 38.6 Å². The molecule has 0 spiro atoms. The normalized spacial score (nSPS) is 30.4. The van der Waals surface area contributed by atoms with Crippen molar-refractivity contribution in [1.29, 1.82) is 0 Å². The fourth-order valence-electron chi connectivity index (χ4n) is 2.53. The van der Waals surface area contributed by atoms with Gasteiger partial charge in [-0.25, -0.2) is 0 Å². The third kappa shape index (κ3) is 1.98. The van der Waals surface area contributed by atoms with Gasteiger partial charge in [0.2, 0.25) is 5.91 Å². The zero-order chi connectivity index (χ0) is 9.97. The van der Waals surface area contributed by atoms with Crippen LogP contribution in [0.4, 0.5) is 0 Å². The molecule has 0 bridgehead atoms. The summed E-state index contributed by atoms with van der Waals surface area (Å²) in [6.07, 6.45) is 6.90. The van der Waals surface area contributed by atoms with E-state index in [1.165, 1.54) is 37.9 Å². The van der Waals surface area contributed by atoms with Gasteiger partial charge in [0.15, 0.2) is 0 Å². The Labute approximate surface area is 85.2 Å². The van der Waals surface area contributed by atoms with Crippen LogP contribution in [-0.4, -0.2) is 29.9 Å². The van der Waals surface area contributed by atoms with Crippen LogP contribution in [0.15, 0.2) is 11.8 Å². The summed E-state index contributed by atoms with van der Waals surface area (Å²) in [4.78, 5) is 13.3. The molecule has 2 saturated heterocycles. The molecule has 3 heteroatoms. The van der Waals surface area contributed by atoms with Gasteiger partial charge < -0.3 is 5.32 Å². The van der Waals surface area contributed by atoms with E-state index in [-0.39, 0.29) is 5.91 Å². The zero-order valence-electron chi connectivity index (χ0n) is 8.75. The van der Waals surface area contributed by atoms with E-state index in [4.69, 9.17) is 0 Å². The average Bonchev–Trinajstić information content (AvgIpc) is 2.62. The fraction of sp³-hybridized carbons (Fsp3) is 0.727. The standard InChI is InChI=1S/C11H18N2O/c1-9(14)12-8-10-4-2-6-13-7-3-5-11(10)13/h8,11H,2-7H2,1H3,(H,12,14). The van der Waals surface area contributed by atoms with Crippen LogP contribution in [0.25, 0.3) is 0 Å². The van der Waals surface area contributed by atoms with Crippen molar-refractivity contribution in [3.8, 4) is 0 Å². The van der Waals surface area contributed by atoms with Gasteiger partial charge >= 0.3 is 0 Å². The van der Waals surface area contributed by atoms with E-state index < -0.39 is 0 Å². The molecule has 2 aliphatic rings. The highest BCUT2D eigenvalue weighted by Gasteiger charge is 2.30. The SMILES string of the molecule is CC(=O)NC=C1CCCN2CCCC12. The van der Waals surface area contributed by atoms with Gasteiger partial charge in [0.1, 0.15) is 0 Å². The highest BCUT2D eigenvalue weighted by molar-refractivity contribution is 5.74. The lowest BCUT2D eigenvalue weighted by Gasteiger charge is -2.31. The second-order valence-electron chi connectivity index (χ2n) is 4.22. The molecule has 2 rings (SSSR count). The monoisotopic (exact) mass is 194 g/mol. The highest BCUT2D eigenvalue weighted by Crippen LogP contribution is 2.30. The van der Waals surface area contributed by atoms with E-state index in [2.05, 4.69) is 10.2 Å². The molecule has 0 saturated carbocycles. The fourth-order valence-corrected chi connectivity index (χ4v) is 2.53. The van der Waals surface area contributed by atoms with Crippen molar-refractivity contribution < 1.29 is 4.79 Å². The number of amides is 1. The van der Waals surface area contributed by atoms with Crippen molar-refractivity contribution in [1.82, 2.24) is 10.2 Å². The van der Waals surface area contributed by atoms with E-state index >= 15 is 0 Å². The van der Waals surface area contributed by atoms with Gasteiger partial charge in [-0.15, -0.1) is 0 Å². The lowest BCUT2D eigenvalue weighted by molar-refractivity contribution is -0.118. The van der Waals surface area contributed by atoms with Crippen LogP contribution in [0.1, 0.15) is 32.6 Å². The Balaban J connectivity index is 2.02. The molecule has 14 heavy (non-hydrogen) atoms. The lowest BCUT2D eigenvalue weighted by Crippen LogP contribution is -2.36. The molecular formula is C11H18N2O. The van der Waals surface area contributed by atoms with Gasteiger partial charge in [0, 0.05) is 19.2 Å². The Kier molecular flexibility index (Phi) is 2.87. The molecule has 78 valence electrons. The van der Waals surface area contributed by atoms with E-state index in [9.17, 15) is 4.79 Å². The van der Waals surface area contributed by atoms with Crippen molar-refractivity contribution in [3.05, 3.63) is 11.8 Å². The van der Waals surface area contributed by atoms with Crippen molar-refractivity contribution in [3.63, 3.8) is 0 Å². The molecule has 1 amide bonds. The van der Waals surface area contributed by atoms with Crippen LogP contribution in [0, 0.1) is 0 Å². The summed E-state index contributed by atoms with van der Waals surface area (Å²) in [5, 5.41) is 2.80. The first-order valence-electron chi connectivity index (χ1n) is 5.47. The summed E-state index contributed by atoms with van der Waals surface area (Å²) < 4.78 is 0. The first-order chi connectivity index (χ1) is 6.77. The zero-order valence-corrected chi connectivity index (χ0v) is 8.75. The largest absolute Gasteiger partial charge is 0.333 e. The molecular weight excluding hydrogens is 176 g/mol. The van der Waals surface area contributed by atoms with Gasteiger partial charge in [-0.05, 0) is 44.3 Å². The third-order valence-electron chi connectivity index (χ3n) is 3.16. The summed E-state index contributed by atoms with van der Waals surface area (Å²) in [5.74, 6) is 0.0348. The van der Waals surface area contributed by atoms with E-state index in [1.807, 2.05) is 6.20 Å². The van der Waals surface area contributed by atoms with Crippen LogP contribution in [0.2, 0.25) is 0 Å². The predicted octanol–water partition coefficient (Wildman–Crippen LogP) is 1.26. The maximum Gasteiger partial charge on any atom is 0.220 e. The average molecular weight is 194 g/mol. The third-order valence-corrected chi connectivity index (χ3v) is 3.16. The van der Waals surface area contributed by atoms with E-state index in [0.717, 1.165) is 6.42 Å². The predicted molar refractivity (Wildman–Crippen MR) is 55.7 cm³/mol. The molecule has 0 aromatic heterocycles. The van der Waals surface area contributed by atoms with Crippen molar-refractivity contribution >= 4 is 5.91 Å². The molecule has 1 unspecified atom stereocenters. The molecule has 0 aliphatic carbocycles. The molecule has 0 aromatic carbocycles. The first kappa shape index (κ1) is 9.71. The number of nitrogens with one attached hydrogen (secondary N) is 1. The Morgan fingerprint density at radius 1 is 1.50 bits per heavy atom. The summed E-state index contributed by atoms with van der Waals surface area (Å²) in [6, 6.07) is 0.621. The number of piperidine rings is 1. The minimum absolute atomic E-state index is 0.0348. The van der Waals surface area contributed by atoms with Gasteiger partial charge in [-0.3, -0.25) is 9.69 Å². The quantitative estimate of drug-likeness (QED) is 0.681. The summed E-state index contributed by atoms with van der Waals surface area (Å²) in [6.45, 7) is 4.04. The Hall–Kier alpha value is -0.830. The second kappa shape index (κ2) is 4.13. The first-order valence-corrected chi connectivity index (χ1v) is 5.47. The van der Waals surface area contributed by atoms with Gasteiger partial charge in [0.05, 0.1) is 0 Å². The number of carbonyl (C=O) groups excluding carboxylic acids is 1. The lowest BCUT2D eigenvalue weighted by atomic mass is 9.97. The topological polar surface area (TPSA) is 32.3 Å². The minimum Gasteiger partial charge on any atom is -0.333 e. The number of carbonyl (C=O) groups is 1. The van der Waals surface area contributed by atoms with Crippen LogP contribution < -0.4 is 5.32 Å². The van der Waals surface area contributed by atoms with Gasteiger partial charge in [-0.2, -0.15) is 0 Å². The van der Waals surface area contributed by atoms with Crippen molar-refractivity contribution in [2.24, 2.45) is 0 Å². The molecule has 3 nitrogen and oxygen atoms in total. The summed E-state index contributed by atoms with van der Waals surface area (Å²) in [5.41, 5.74) is 1.42. The number of hydrogen-bond donors (Lipinski definition) is 1. The van der Waals surface area contributed by atoms with Crippen molar-refractivity contribution in [2.75, 3.05) is 13.1 Å². The van der Waals surface area contributed by atoms with Crippen LogP contribution >= 0.6 is 0 Å². The molecule has 1 atom stereocenters. The molecule has 1 N–H and O–H groups in total. The Morgan fingerprint density at radius 2 is 2.29 bits per heavy atom. The summed E-state index contributed by atoms with van der Waals surface area (Å²) >= 11 is 0. The van der Waals surface area contributed by atoms with E-state index in [1.54, 1.807) is 6.92 Å². The molecule has 0 aromatic rings. The maximum atomic E-state index is 10.8. The summed E-state index contributed by atoms with van der Waals surface area (Å²) in [7, 11) is 0. The Morgan fingerprint density at radius 3 is 3.07 bits per heavy atom. The van der Waals surface area contributed by atoms with Crippen LogP contribution in [0.3, 0.4) is 0 Å².